The molecule has 1 unspecified atom stereocenters. The van der Waals surface area contributed by atoms with Crippen molar-refractivity contribution in [1.29, 1.82) is 0 Å². The Morgan fingerprint density at radius 3 is 1.90 bits per heavy atom. The lowest BCUT2D eigenvalue weighted by molar-refractivity contribution is -0.763. The molecule has 0 aliphatic carbocycles. The molecule has 3 rings (SSSR count). The van der Waals surface area contributed by atoms with E-state index in [0.717, 1.165) is 0 Å². The zero-order valence-corrected chi connectivity index (χ0v) is 28.0. The summed E-state index contributed by atoms with van der Waals surface area (Å²) in [7, 11) is 0. The van der Waals surface area contributed by atoms with Crippen molar-refractivity contribution in [2.45, 2.75) is 65.9 Å². The van der Waals surface area contributed by atoms with Gasteiger partial charge in [0, 0.05) is 23.7 Å². The summed E-state index contributed by atoms with van der Waals surface area (Å²) in [6.07, 6.45) is -0.114. The molecule has 0 aromatic heterocycles. The molecule has 0 fully saturated rings. The van der Waals surface area contributed by atoms with Gasteiger partial charge in [-0.25, -0.2) is 4.79 Å². The van der Waals surface area contributed by atoms with E-state index in [4.69, 9.17) is 9.47 Å². The van der Waals surface area contributed by atoms with E-state index in [-0.39, 0.29) is 66.5 Å². The first kappa shape index (κ1) is 38.4. The van der Waals surface area contributed by atoms with Crippen LogP contribution < -0.4 is 10.1 Å². The Labute approximate surface area is 287 Å². The summed E-state index contributed by atoms with van der Waals surface area (Å²) >= 11 is 0. The number of nitrogens with one attached hydrogen (secondary N) is 1. The van der Waals surface area contributed by atoms with Gasteiger partial charge in [0.1, 0.15) is 25.6 Å². The van der Waals surface area contributed by atoms with Gasteiger partial charge in [0.2, 0.25) is 5.91 Å². The molecule has 1 atom stereocenters. The highest BCUT2D eigenvalue weighted by molar-refractivity contribution is 5.99. The minimum atomic E-state index is -1.07. The molecule has 0 heterocycles. The fourth-order valence-corrected chi connectivity index (χ4v) is 4.63. The van der Waals surface area contributed by atoms with Gasteiger partial charge in [-0.1, -0.05) is 31.2 Å². The molecule has 1 N–H and O–H groups in total. The van der Waals surface area contributed by atoms with Gasteiger partial charge in [0.05, 0.1) is 17.7 Å². The summed E-state index contributed by atoms with van der Waals surface area (Å²) in [6, 6.07) is 16.0. The molecule has 0 radical (unpaired) electrons. The number of esters is 1. The first-order valence-electron chi connectivity index (χ1n) is 15.6. The van der Waals surface area contributed by atoms with Crippen LogP contribution >= 0.6 is 0 Å². The van der Waals surface area contributed by atoms with E-state index in [1.54, 1.807) is 19.9 Å². The maximum absolute atomic E-state index is 13.7. The number of benzene rings is 3. The van der Waals surface area contributed by atoms with Gasteiger partial charge in [-0.3, -0.25) is 14.4 Å². The van der Waals surface area contributed by atoms with Crippen LogP contribution in [0, 0.1) is 20.2 Å². The van der Waals surface area contributed by atoms with Gasteiger partial charge in [0.15, 0.2) is 11.9 Å². The monoisotopic (exact) mass is 694 g/mol. The maximum Gasteiger partial charge on any atom is 0.338 e. The van der Waals surface area contributed by atoms with Crippen LogP contribution in [0.1, 0.15) is 82.7 Å². The number of carbonyl (C=O) groups is 4. The molecular formula is C34H38N4O12. The highest BCUT2D eigenvalue weighted by Gasteiger charge is 2.27. The fourth-order valence-electron chi connectivity index (χ4n) is 4.63. The number of hydrogen-bond donors (Lipinski definition) is 1. The molecule has 16 nitrogen and oxygen atoms in total. The lowest BCUT2D eigenvalue weighted by atomic mass is 10.1. The van der Waals surface area contributed by atoms with E-state index < -0.39 is 28.2 Å². The molecule has 266 valence electrons. The summed E-state index contributed by atoms with van der Waals surface area (Å²) in [5.41, 5.74) is 1.88. The molecule has 2 amide bonds. The Hall–Kier alpha value is -6.06. The lowest BCUT2D eigenvalue weighted by Crippen LogP contribution is -2.45. The third kappa shape index (κ3) is 11.9. The van der Waals surface area contributed by atoms with Crippen molar-refractivity contribution in [2.24, 2.45) is 0 Å². The second-order valence-electron chi connectivity index (χ2n) is 11.3. The highest BCUT2D eigenvalue weighted by atomic mass is 17.0. The number of nitrogens with zero attached hydrogens (tertiary/aromatic N) is 3. The molecule has 3 aromatic carbocycles. The molecule has 0 aliphatic heterocycles. The van der Waals surface area contributed by atoms with Gasteiger partial charge in [-0.05, 0) is 80.8 Å². The predicted molar refractivity (Wildman–Crippen MR) is 177 cm³/mol. The van der Waals surface area contributed by atoms with Crippen molar-refractivity contribution < 1.29 is 48.5 Å². The molecule has 0 aliphatic rings. The Balaban J connectivity index is 1.87. The quantitative estimate of drug-likeness (QED) is 0.0744. The van der Waals surface area contributed by atoms with Crippen LogP contribution in [0.3, 0.4) is 0 Å². The molecule has 0 spiro atoms. The third-order valence-electron chi connectivity index (χ3n) is 7.17. The van der Waals surface area contributed by atoms with Crippen LogP contribution in [0.15, 0.2) is 66.7 Å². The van der Waals surface area contributed by atoms with Crippen molar-refractivity contribution in [3.8, 4) is 5.75 Å². The van der Waals surface area contributed by atoms with Gasteiger partial charge < -0.3 is 29.4 Å². The zero-order valence-electron chi connectivity index (χ0n) is 28.0. The number of ether oxygens (including phenoxy) is 2. The Kier molecular flexibility index (Phi) is 14.2. The van der Waals surface area contributed by atoms with Gasteiger partial charge in [-0.2, -0.15) is 0 Å². The zero-order chi connectivity index (χ0) is 36.8. The Bertz CT molecular complexity index is 1680. The maximum atomic E-state index is 13.7. The van der Waals surface area contributed by atoms with Crippen LogP contribution in [-0.2, 0) is 32.4 Å². The van der Waals surface area contributed by atoms with Crippen molar-refractivity contribution >= 4 is 29.3 Å². The van der Waals surface area contributed by atoms with Crippen LogP contribution in [0.4, 0.5) is 5.69 Å². The van der Waals surface area contributed by atoms with Crippen LogP contribution in [0.5, 0.6) is 5.75 Å². The van der Waals surface area contributed by atoms with E-state index in [1.807, 2.05) is 6.92 Å². The average molecular weight is 695 g/mol. The van der Waals surface area contributed by atoms with Crippen LogP contribution in [0.25, 0.3) is 0 Å². The topological polar surface area (TPSA) is 207 Å². The second kappa shape index (κ2) is 18.5. The number of ketones is 1. The Morgan fingerprint density at radius 1 is 0.840 bits per heavy atom. The van der Waals surface area contributed by atoms with Crippen molar-refractivity contribution in [2.75, 3.05) is 18.5 Å². The number of rotatable bonds is 19. The van der Waals surface area contributed by atoms with Crippen molar-refractivity contribution in [1.82, 2.24) is 4.90 Å². The van der Waals surface area contributed by atoms with E-state index >= 15 is 0 Å². The number of amides is 2. The SMILES string of the molecule is CCCC(=O)Nc1ccc(OCC(CN(C(=O)c2ccc(CO[N+](=O)[O-])cc2)C(C)C)OC(=O)c2ccc(CO[N+](=O)[O-])cc2)c(C(C)=O)c1. The van der Waals surface area contributed by atoms with Gasteiger partial charge >= 0.3 is 5.97 Å². The van der Waals surface area contributed by atoms with E-state index in [2.05, 4.69) is 15.0 Å². The molecule has 50 heavy (non-hydrogen) atoms. The van der Waals surface area contributed by atoms with Gasteiger partial charge in [0.25, 0.3) is 16.1 Å². The first-order valence-corrected chi connectivity index (χ1v) is 15.6. The number of anilines is 1. The third-order valence-corrected chi connectivity index (χ3v) is 7.17. The van der Waals surface area contributed by atoms with E-state index in [1.165, 1.54) is 72.5 Å². The van der Waals surface area contributed by atoms with Crippen molar-refractivity contribution in [3.63, 3.8) is 0 Å². The minimum absolute atomic E-state index is 0.117. The summed E-state index contributed by atoms with van der Waals surface area (Å²) in [4.78, 5) is 82.8. The normalized spacial score (nSPS) is 11.2. The minimum Gasteiger partial charge on any atom is -0.489 e. The summed E-state index contributed by atoms with van der Waals surface area (Å²) < 4.78 is 11.8. The summed E-state index contributed by atoms with van der Waals surface area (Å²) in [5, 5.41) is 21.9. The second-order valence-corrected chi connectivity index (χ2v) is 11.3. The fraction of sp³-hybridized carbons (Fsp3) is 0.353. The smallest absolute Gasteiger partial charge is 0.338 e. The molecule has 0 bridgehead atoms. The molecule has 16 heteroatoms. The Morgan fingerprint density at radius 2 is 1.40 bits per heavy atom. The molecule has 3 aromatic rings. The standard InChI is InChI=1S/C34H38N4O12/c1-5-6-32(40)35-28-15-16-31(30(17-28)23(4)39)47-21-29(50-34(42)27-13-9-25(10-14-27)20-49-38(45)46)18-36(22(2)3)33(41)26-11-7-24(8-12-26)19-48-37(43)44/h7-17,22,29H,5-6,18-21H2,1-4H3,(H,35,40). The largest absolute Gasteiger partial charge is 0.489 e. The number of carbonyl (C=O) groups excluding carboxylic acids is 4. The van der Waals surface area contributed by atoms with Crippen LogP contribution in [-0.4, -0.2) is 63.9 Å². The molecular weight excluding hydrogens is 656 g/mol. The van der Waals surface area contributed by atoms with Crippen molar-refractivity contribution in [3.05, 3.63) is 115 Å². The molecule has 0 saturated heterocycles. The summed E-state index contributed by atoms with van der Waals surface area (Å²) in [5.74, 6) is -1.58. The average Bonchev–Trinajstić information content (AvgIpc) is 3.07. The van der Waals surface area contributed by atoms with Crippen LogP contribution in [0.2, 0.25) is 0 Å². The lowest BCUT2D eigenvalue weighted by Gasteiger charge is -2.31. The predicted octanol–water partition coefficient (Wildman–Crippen LogP) is 5.20. The molecule has 0 saturated carbocycles. The summed E-state index contributed by atoms with van der Waals surface area (Å²) in [6.45, 7) is 5.72. The number of hydrogen-bond acceptors (Lipinski definition) is 12. The number of Topliss-reactive ketones (excluding diaryl/α,β-unsaturated/α-hetero) is 1. The first-order chi connectivity index (χ1) is 23.8. The van der Waals surface area contributed by atoms with E-state index in [9.17, 15) is 39.4 Å². The van der Waals surface area contributed by atoms with Gasteiger partial charge in [-0.15, -0.1) is 20.2 Å². The van der Waals surface area contributed by atoms with E-state index in [0.29, 0.717) is 29.7 Å². The highest BCUT2D eigenvalue weighted by Crippen LogP contribution is 2.25.